The number of aliphatic imine (C=N–C) groups is 1. The van der Waals surface area contributed by atoms with Gasteiger partial charge in [0.2, 0.25) is 0 Å². The van der Waals surface area contributed by atoms with Crippen molar-refractivity contribution in [2.45, 2.75) is 26.8 Å². The zero-order chi connectivity index (χ0) is 19.2. The van der Waals surface area contributed by atoms with Gasteiger partial charge in [-0.15, -0.1) is 0 Å². The number of hydrogen-bond acceptors (Lipinski definition) is 4. The van der Waals surface area contributed by atoms with Crippen molar-refractivity contribution in [2.75, 3.05) is 0 Å². The fraction of sp³-hybridized carbons (Fsp3) is 0.350. The Balaban J connectivity index is 2.03. The fourth-order valence-electron chi connectivity index (χ4n) is 3.33. The summed E-state index contributed by atoms with van der Waals surface area (Å²) in [5.74, 6) is -2.28. The molecule has 0 saturated carbocycles. The lowest BCUT2D eigenvalue weighted by Crippen LogP contribution is -2.39. The zero-order valence-electron chi connectivity index (χ0n) is 14.8. The van der Waals surface area contributed by atoms with Crippen molar-refractivity contribution in [3.05, 3.63) is 46.3 Å². The molecule has 26 heavy (non-hydrogen) atoms. The van der Waals surface area contributed by atoms with Crippen LogP contribution in [0.1, 0.15) is 26.3 Å². The fourth-order valence-corrected chi connectivity index (χ4v) is 3.54. The van der Waals surface area contributed by atoms with E-state index in [-0.39, 0.29) is 34.4 Å². The number of phenols is 1. The number of halogens is 2. The van der Waals surface area contributed by atoms with E-state index in [0.717, 1.165) is 0 Å². The van der Waals surface area contributed by atoms with Crippen molar-refractivity contribution < 1.29 is 14.3 Å². The van der Waals surface area contributed by atoms with Crippen molar-refractivity contribution in [1.82, 2.24) is 0 Å². The van der Waals surface area contributed by atoms with Gasteiger partial charge in [0.25, 0.3) is 0 Å². The van der Waals surface area contributed by atoms with Crippen LogP contribution in [0, 0.1) is 29.0 Å². The van der Waals surface area contributed by atoms with E-state index in [1.165, 1.54) is 12.1 Å². The lowest BCUT2D eigenvalue weighted by Gasteiger charge is -2.32. The number of benzene rings is 1. The predicted octanol–water partition coefficient (Wildman–Crippen LogP) is 4.46. The third-order valence-corrected chi connectivity index (χ3v) is 5.10. The van der Waals surface area contributed by atoms with E-state index in [2.05, 4.69) is 4.99 Å². The van der Waals surface area contributed by atoms with Crippen molar-refractivity contribution >= 4 is 34.9 Å². The quantitative estimate of drug-likeness (QED) is 0.819. The number of carbonyl (C=O) groups excluding carboxylic acids is 1. The molecule has 1 aromatic carbocycles. The van der Waals surface area contributed by atoms with Gasteiger partial charge in [0.05, 0.1) is 22.7 Å². The van der Waals surface area contributed by atoms with Crippen LogP contribution in [0.3, 0.4) is 0 Å². The number of fused-ring (bicyclic) bond motifs is 1. The Morgan fingerprint density at radius 1 is 1.38 bits per heavy atom. The molecule has 6 heteroatoms. The number of ketones is 1. The Bertz CT molecular complexity index is 863. The highest BCUT2D eigenvalue weighted by Gasteiger charge is 2.36. The Kier molecular flexibility index (Phi) is 4.84. The largest absolute Gasteiger partial charge is 0.504 e. The summed E-state index contributed by atoms with van der Waals surface area (Å²) in [4.78, 5) is 16.9. The molecular formula is C20H20ClFN2O2. The summed E-state index contributed by atoms with van der Waals surface area (Å²) in [5, 5.41) is 18.0. The monoisotopic (exact) mass is 374 g/mol. The first kappa shape index (κ1) is 18.5. The third-order valence-electron chi connectivity index (χ3n) is 4.81. The predicted molar refractivity (Wildman–Crippen MR) is 102 cm³/mol. The molecule has 0 saturated heterocycles. The van der Waals surface area contributed by atoms with Gasteiger partial charge in [0.1, 0.15) is 5.78 Å². The summed E-state index contributed by atoms with van der Waals surface area (Å²) in [6.45, 7) is 5.57. The standard InChI is InChI=1S/C20H20ClFN2O2/c1-9(2)19(25)14-8-24-18-10(3)4-11(5-13(18)17(14)23)12-6-15(21)20(26)16(22)7-12/h4-10,14,18,23,26H,1-3H3. The van der Waals surface area contributed by atoms with Crippen molar-refractivity contribution in [1.29, 1.82) is 5.41 Å². The van der Waals surface area contributed by atoms with Gasteiger partial charge in [-0.2, -0.15) is 0 Å². The minimum atomic E-state index is -0.800. The maximum atomic E-state index is 13.9. The highest BCUT2D eigenvalue weighted by atomic mass is 35.5. The zero-order valence-corrected chi connectivity index (χ0v) is 15.5. The van der Waals surface area contributed by atoms with Crippen LogP contribution < -0.4 is 0 Å². The molecule has 2 aliphatic rings. The molecule has 0 bridgehead atoms. The third kappa shape index (κ3) is 3.12. The van der Waals surface area contributed by atoms with Gasteiger partial charge in [-0.05, 0) is 34.9 Å². The molecule has 3 rings (SSSR count). The molecule has 4 nitrogen and oxygen atoms in total. The lowest BCUT2D eigenvalue weighted by atomic mass is 9.76. The molecule has 0 fully saturated rings. The number of carbonyl (C=O) groups is 1. The summed E-state index contributed by atoms with van der Waals surface area (Å²) in [7, 11) is 0. The topological polar surface area (TPSA) is 73.5 Å². The van der Waals surface area contributed by atoms with Gasteiger partial charge in [0, 0.05) is 18.1 Å². The van der Waals surface area contributed by atoms with E-state index in [4.69, 9.17) is 17.0 Å². The van der Waals surface area contributed by atoms with Crippen LogP contribution in [0.15, 0.2) is 34.9 Å². The van der Waals surface area contributed by atoms with Crippen LogP contribution in [0.5, 0.6) is 5.75 Å². The van der Waals surface area contributed by atoms with Crippen molar-refractivity contribution in [3.63, 3.8) is 0 Å². The Labute approximate surface area is 156 Å². The molecule has 0 radical (unpaired) electrons. The molecule has 136 valence electrons. The van der Waals surface area contributed by atoms with E-state index >= 15 is 0 Å². The van der Waals surface area contributed by atoms with E-state index in [9.17, 15) is 14.3 Å². The molecule has 0 aromatic heterocycles. The number of hydrogen-bond donors (Lipinski definition) is 2. The Morgan fingerprint density at radius 3 is 2.69 bits per heavy atom. The first-order valence-corrected chi connectivity index (χ1v) is 8.86. The first-order chi connectivity index (χ1) is 12.2. The Hall–Kier alpha value is -2.27. The summed E-state index contributed by atoms with van der Waals surface area (Å²) in [6.07, 6.45) is 5.29. The van der Waals surface area contributed by atoms with Gasteiger partial charge in [0.15, 0.2) is 11.6 Å². The maximum absolute atomic E-state index is 13.9. The minimum Gasteiger partial charge on any atom is -0.504 e. The molecule has 3 atom stereocenters. The van der Waals surface area contributed by atoms with E-state index in [1.54, 1.807) is 26.1 Å². The van der Waals surface area contributed by atoms with Gasteiger partial charge >= 0.3 is 0 Å². The van der Waals surface area contributed by atoms with Crippen LogP contribution in [-0.2, 0) is 4.79 Å². The van der Waals surface area contributed by atoms with Crippen LogP contribution in [0.25, 0.3) is 5.57 Å². The molecule has 0 spiro atoms. The van der Waals surface area contributed by atoms with Crippen LogP contribution in [0.4, 0.5) is 4.39 Å². The average molecular weight is 375 g/mol. The number of allylic oxidation sites excluding steroid dienone is 2. The molecule has 0 amide bonds. The second-order valence-electron chi connectivity index (χ2n) is 7.06. The molecule has 1 aliphatic carbocycles. The van der Waals surface area contributed by atoms with Crippen LogP contribution >= 0.6 is 11.6 Å². The molecule has 1 heterocycles. The number of Topliss-reactive ketones (excluding diaryl/α,β-unsaturated/α-hetero) is 1. The van der Waals surface area contributed by atoms with Crippen LogP contribution in [-0.4, -0.2) is 28.9 Å². The van der Waals surface area contributed by atoms with E-state index in [1.807, 2.05) is 13.0 Å². The van der Waals surface area contributed by atoms with Gasteiger partial charge in [-0.1, -0.05) is 38.4 Å². The highest BCUT2D eigenvalue weighted by molar-refractivity contribution is 6.32. The molecular weight excluding hydrogens is 355 g/mol. The van der Waals surface area contributed by atoms with Crippen LogP contribution in [0.2, 0.25) is 5.02 Å². The van der Waals surface area contributed by atoms with Gasteiger partial charge < -0.3 is 10.5 Å². The molecule has 1 aromatic rings. The lowest BCUT2D eigenvalue weighted by molar-refractivity contribution is -0.122. The van der Waals surface area contributed by atoms with Gasteiger partial charge in [-0.25, -0.2) is 4.39 Å². The van der Waals surface area contributed by atoms with Crippen molar-refractivity contribution in [3.8, 4) is 5.75 Å². The first-order valence-electron chi connectivity index (χ1n) is 8.48. The summed E-state index contributed by atoms with van der Waals surface area (Å²) in [6, 6.07) is 2.48. The van der Waals surface area contributed by atoms with E-state index < -0.39 is 17.5 Å². The van der Waals surface area contributed by atoms with E-state index in [0.29, 0.717) is 16.7 Å². The number of aromatic hydroxyl groups is 1. The highest BCUT2D eigenvalue weighted by Crippen LogP contribution is 2.37. The number of phenolic OH excluding ortho intramolecular Hbond substituents is 1. The molecule has 2 N–H and O–H groups in total. The minimum absolute atomic E-state index is 0.0210. The summed E-state index contributed by atoms with van der Waals surface area (Å²) >= 11 is 5.89. The molecule has 3 unspecified atom stereocenters. The maximum Gasteiger partial charge on any atom is 0.170 e. The SMILES string of the molecule is CC(C)C(=O)C1C=NC2C(=CC(c3cc(F)c(O)c(Cl)c3)=CC2C)C1=N. The second kappa shape index (κ2) is 6.80. The normalized spacial score (nSPS) is 25.0. The number of nitrogens with zero attached hydrogens (tertiary/aromatic N) is 1. The summed E-state index contributed by atoms with van der Waals surface area (Å²) < 4.78 is 13.9. The average Bonchev–Trinajstić information content (AvgIpc) is 2.59. The number of nitrogens with one attached hydrogen (secondary N) is 1. The Morgan fingerprint density at radius 2 is 2.08 bits per heavy atom. The van der Waals surface area contributed by atoms with Crippen molar-refractivity contribution in [2.24, 2.45) is 22.7 Å². The number of rotatable bonds is 3. The van der Waals surface area contributed by atoms with Gasteiger partial charge in [-0.3, -0.25) is 9.79 Å². The summed E-state index contributed by atoms with van der Waals surface area (Å²) in [5.41, 5.74) is 2.12. The molecule has 1 aliphatic heterocycles. The smallest absolute Gasteiger partial charge is 0.170 e. The second-order valence-corrected chi connectivity index (χ2v) is 7.47.